The first kappa shape index (κ1) is 16.1. The molecule has 0 bridgehead atoms. The van der Waals surface area contributed by atoms with E-state index in [1.54, 1.807) is 37.3 Å². The zero-order chi connectivity index (χ0) is 14.5. The number of sulfonamides is 1. The van der Waals surface area contributed by atoms with Crippen molar-refractivity contribution in [3.05, 3.63) is 30.3 Å². The van der Waals surface area contributed by atoms with E-state index in [2.05, 4.69) is 10.0 Å². The predicted molar refractivity (Wildman–Crippen MR) is 75.4 cm³/mol. The van der Waals surface area contributed by atoms with Gasteiger partial charge in [-0.2, -0.15) is 0 Å². The second-order valence-corrected chi connectivity index (χ2v) is 7.02. The van der Waals surface area contributed by atoms with Crippen molar-refractivity contribution in [1.82, 2.24) is 10.0 Å². The molecule has 0 fully saturated rings. The molecular formula is C13H22N2O3S. The van der Waals surface area contributed by atoms with Gasteiger partial charge >= 0.3 is 0 Å². The fourth-order valence-electron chi connectivity index (χ4n) is 1.44. The number of hydrogen-bond donors (Lipinski definition) is 3. The van der Waals surface area contributed by atoms with Gasteiger partial charge < -0.3 is 10.4 Å². The molecule has 108 valence electrons. The molecule has 5 nitrogen and oxygen atoms in total. The maximum atomic E-state index is 12.0. The summed E-state index contributed by atoms with van der Waals surface area (Å²) in [6.45, 7) is 6.10. The van der Waals surface area contributed by atoms with Crippen molar-refractivity contribution in [3.63, 3.8) is 0 Å². The summed E-state index contributed by atoms with van der Waals surface area (Å²) in [4.78, 5) is 0.251. The summed E-state index contributed by atoms with van der Waals surface area (Å²) in [6, 6.07) is 8.25. The van der Waals surface area contributed by atoms with E-state index in [4.69, 9.17) is 0 Å². The lowest BCUT2D eigenvalue weighted by Gasteiger charge is -2.27. The molecule has 0 heterocycles. The maximum Gasteiger partial charge on any atom is 0.240 e. The van der Waals surface area contributed by atoms with Crippen molar-refractivity contribution in [2.45, 2.75) is 37.3 Å². The van der Waals surface area contributed by atoms with Crippen LogP contribution in [0.5, 0.6) is 0 Å². The molecule has 0 amide bonds. The van der Waals surface area contributed by atoms with Crippen LogP contribution in [-0.2, 0) is 10.0 Å². The highest BCUT2D eigenvalue weighted by Crippen LogP contribution is 2.09. The van der Waals surface area contributed by atoms with E-state index >= 15 is 0 Å². The van der Waals surface area contributed by atoms with E-state index in [1.165, 1.54) is 0 Å². The van der Waals surface area contributed by atoms with Crippen LogP contribution in [0, 0.1) is 0 Å². The molecule has 1 atom stereocenters. The molecule has 1 aromatic carbocycles. The summed E-state index contributed by atoms with van der Waals surface area (Å²) in [7, 11) is -3.48. The first-order valence-electron chi connectivity index (χ1n) is 6.21. The highest BCUT2D eigenvalue weighted by atomic mass is 32.2. The number of rotatable bonds is 7. The van der Waals surface area contributed by atoms with Gasteiger partial charge in [0.15, 0.2) is 0 Å². The maximum absolute atomic E-state index is 12.0. The average Bonchev–Trinajstić information content (AvgIpc) is 2.36. The zero-order valence-corrected chi connectivity index (χ0v) is 12.4. The second-order valence-electron chi connectivity index (χ2n) is 5.25. The number of aliphatic hydroxyl groups is 1. The molecule has 3 N–H and O–H groups in total. The average molecular weight is 286 g/mol. The largest absolute Gasteiger partial charge is 0.392 e. The van der Waals surface area contributed by atoms with Gasteiger partial charge in [0.1, 0.15) is 0 Å². The molecule has 0 radical (unpaired) electrons. The fourth-order valence-corrected chi connectivity index (χ4v) is 2.68. The molecule has 0 aliphatic rings. The Labute approximate surface area is 115 Å². The number of benzene rings is 1. The van der Waals surface area contributed by atoms with E-state index in [0.29, 0.717) is 6.54 Å². The summed E-state index contributed by atoms with van der Waals surface area (Å²) in [5, 5.41) is 12.3. The van der Waals surface area contributed by atoms with Crippen LogP contribution in [0.4, 0.5) is 0 Å². The van der Waals surface area contributed by atoms with Crippen LogP contribution >= 0.6 is 0 Å². The molecule has 0 saturated heterocycles. The van der Waals surface area contributed by atoms with Crippen molar-refractivity contribution in [2.24, 2.45) is 0 Å². The van der Waals surface area contributed by atoms with Crippen molar-refractivity contribution < 1.29 is 13.5 Å². The molecule has 0 aromatic heterocycles. The zero-order valence-electron chi connectivity index (χ0n) is 11.6. The molecule has 0 spiro atoms. The van der Waals surface area contributed by atoms with Crippen LogP contribution in [0.3, 0.4) is 0 Å². The van der Waals surface area contributed by atoms with Crippen LogP contribution in [0.1, 0.15) is 20.8 Å². The van der Waals surface area contributed by atoms with Gasteiger partial charge in [-0.05, 0) is 32.9 Å². The second kappa shape index (κ2) is 6.47. The lowest BCUT2D eigenvalue weighted by molar-refractivity contribution is 0.177. The van der Waals surface area contributed by atoms with Crippen molar-refractivity contribution in [1.29, 1.82) is 0 Å². The quantitative estimate of drug-likeness (QED) is 0.690. The van der Waals surface area contributed by atoms with Gasteiger partial charge in [0.2, 0.25) is 10.0 Å². The molecule has 0 saturated carbocycles. The topological polar surface area (TPSA) is 78.4 Å². The normalized spacial score (nSPS) is 14.3. The van der Waals surface area contributed by atoms with Gasteiger partial charge in [-0.1, -0.05) is 18.2 Å². The van der Waals surface area contributed by atoms with Gasteiger partial charge in [-0.25, -0.2) is 13.1 Å². The summed E-state index contributed by atoms with van der Waals surface area (Å²) >= 11 is 0. The third kappa shape index (κ3) is 5.69. The Bertz CT molecular complexity index is 484. The third-order valence-corrected chi connectivity index (χ3v) is 4.05. The third-order valence-electron chi connectivity index (χ3n) is 2.63. The minimum absolute atomic E-state index is 0.247. The lowest BCUT2D eigenvalue weighted by Crippen LogP contribution is -2.50. The Morgan fingerprint density at radius 2 is 1.84 bits per heavy atom. The number of aliphatic hydroxyl groups excluding tert-OH is 1. The Balaban J connectivity index is 2.61. The van der Waals surface area contributed by atoms with Gasteiger partial charge in [-0.3, -0.25) is 0 Å². The molecule has 19 heavy (non-hydrogen) atoms. The van der Waals surface area contributed by atoms with Crippen LogP contribution in [0.15, 0.2) is 35.2 Å². The molecule has 0 aliphatic carbocycles. The van der Waals surface area contributed by atoms with Crippen LogP contribution in [-0.4, -0.2) is 38.3 Å². The first-order chi connectivity index (χ1) is 8.73. The smallest absolute Gasteiger partial charge is 0.240 e. The number of β-amino-alcohol motifs (C(OH)–C–C–N with tert-alkyl or cyclic N) is 1. The van der Waals surface area contributed by atoms with Crippen LogP contribution in [0.2, 0.25) is 0 Å². The highest BCUT2D eigenvalue weighted by Gasteiger charge is 2.21. The SMILES string of the molecule is CC(O)CNC(C)(C)CNS(=O)(=O)c1ccccc1. The van der Waals surface area contributed by atoms with Gasteiger partial charge in [0.25, 0.3) is 0 Å². The Kier molecular flexibility index (Phi) is 5.49. The van der Waals surface area contributed by atoms with E-state index in [1.807, 2.05) is 13.8 Å². The van der Waals surface area contributed by atoms with Crippen molar-refractivity contribution in [3.8, 4) is 0 Å². The minimum atomic E-state index is -3.48. The molecule has 1 aromatic rings. The molecular weight excluding hydrogens is 264 g/mol. The van der Waals surface area contributed by atoms with E-state index < -0.39 is 21.7 Å². The standard InChI is InChI=1S/C13H22N2O3S/c1-11(16)9-14-13(2,3)10-15-19(17,18)12-7-5-4-6-8-12/h4-8,11,14-16H,9-10H2,1-3H3. The van der Waals surface area contributed by atoms with Gasteiger partial charge in [0.05, 0.1) is 11.0 Å². The van der Waals surface area contributed by atoms with Crippen molar-refractivity contribution in [2.75, 3.05) is 13.1 Å². The number of hydrogen-bond acceptors (Lipinski definition) is 4. The molecule has 0 aliphatic heterocycles. The van der Waals surface area contributed by atoms with E-state index in [9.17, 15) is 13.5 Å². The molecule has 6 heteroatoms. The van der Waals surface area contributed by atoms with Crippen LogP contribution < -0.4 is 10.0 Å². The summed E-state index contributed by atoms with van der Waals surface area (Å²) < 4.78 is 26.6. The van der Waals surface area contributed by atoms with E-state index in [-0.39, 0.29) is 11.4 Å². The summed E-state index contributed by atoms with van der Waals surface area (Å²) in [6.07, 6.45) is -0.468. The lowest BCUT2D eigenvalue weighted by atomic mass is 10.1. The summed E-state index contributed by atoms with van der Waals surface area (Å²) in [5.41, 5.74) is -0.432. The fraction of sp³-hybridized carbons (Fsp3) is 0.538. The van der Waals surface area contributed by atoms with Crippen LogP contribution in [0.25, 0.3) is 0 Å². The Hall–Kier alpha value is -0.950. The Morgan fingerprint density at radius 3 is 2.37 bits per heavy atom. The number of nitrogens with one attached hydrogen (secondary N) is 2. The van der Waals surface area contributed by atoms with Gasteiger partial charge in [0, 0.05) is 18.6 Å². The molecule has 1 rings (SSSR count). The summed E-state index contributed by atoms with van der Waals surface area (Å²) in [5.74, 6) is 0. The predicted octanol–water partition coefficient (Wildman–Crippen LogP) is 0.714. The monoisotopic (exact) mass is 286 g/mol. The van der Waals surface area contributed by atoms with Gasteiger partial charge in [-0.15, -0.1) is 0 Å². The highest BCUT2D eigenvalue weighted by molar-refractivity contribution is 7.89. The Morgan fingerprint density at radius 1 is 1.26 bits per heavy atom. The van der Waals surface area contributed by atoms with E-state index in [0.717, 1.165) is 0 Å². The molecule has 1 unspecified atom stereocenters. The minimum Gasteiger partial charge on any atom is -0.392 e. The van der Waals surface area contributed by atoms with Crippen molar-refractivity contribution >= 4 is 10.0 Å². The first-order valence-corrected chi connectivity index (χ1v) is 7.69.